The molecule has 0 spiro atoms. The van der Waals surface area contributed by atoms with Crippen LogP contribution in [0, 0.1) is 12.8 Å². The normalized spacial score (nSPS) is 12.9. The molecule has 0 saturated carbocycles. The van der Waals surface area contributed by atoms with Crippen LogP contribution < -0.4 is 0 Å². The maximum absolute atomic E-state index is 6.44. The summed E-state index contributed by atoms with van der Waals surface area (Å²) < 4.78 is 5.79. The largest absolute Gasteiger partial charge is 0.461 e. The van der Waals surface area contributed by atoms with Crippen molar-refractivity contribution in [3.8, 4) is 11.3 Å². The van der Waals surface area contributed by atoms with E-state index in [1.165, 1.54) is 0 Å². The minimum atomic E-state index is -0.0187. The van der Waals surface area contributed by atoms with Crippen molar-refractivity contribution in [1.29, 1.82) is 0 Å². The molecule has 0 amide bonds. The van der Waals surface area contributed by atoms with Crippen molar-refractivity contribution in [2.45, 2.75) is 32.6 Å². The van der Waals surface area contributed by atoms with Crippen molar-refractivity contribution >= 4 is 23.2 Å². The molecule has 0 saturated heterocycles. The Morgan fingerprint density at radius 1 is 1.32 bits per heavy atom. The maximum Gasteiger partial charge on any atom is 0.134 e. The van der Waals surface area contributed by atoms with Crippen molar-refractivity contribution in [2.75, 3.05) is 0 Å². The molecule has 1 atom stereocenters. The van der Waals surface area contributed by atoms with Crippen LogP contribution in [-0.2, 0) is 0 Å². The Labute approximate surface area is 123 Å². The molecule has 0 N–H and O–H groups in total. The van der Waals surface area contributed by atoms with Gasteiger partial charge < -0.3 is 4.42 Å². The monoisotopic (exact) mass is 297 g/mol. The fourth-order valence-corrected chi connectivity index (χ4v) is 2.79. The minimum absolute atomic E-state index is 0.0187. The third kappa shape index (κ3) is 3.52. The molecule has 0 fully saturated rings. The number of alkyl halides is 1. The summed E-state index contributed by atoms with van der Waals surface area (Å²) in [6.07, 6.45) is 2.60. The smallest absolute Gasteiger partial charge is 0.134 e. The SMILES string of the molecule is Cc1oc(-c2ccnc(Cl)c2)cc1C(Cl)CC(C)C. The molecule has 2 heterocycles. The number of hydrogen-bond acceptors (Lipinski definition) is 2. The number of aromatic nitrogens is 1. The summed E-state index contributed by atoms with van der Waals surface area (Å²) in [5, 5.41) is 0.438. The molecule has 0 aliphatic carbocycles. The van der Waals surface area contributed by atoms with E-state index in [-0.39, 0.29) is 5.38 Å². The number of hydrogen-bond donors (Lipinski definition) is 0. The Hall–Kier alpha value is -0.990. The van der Waals surface area contributed by atoms with Gasteiger partial charge in [0.1, 0.15) is 16.7 Å². The quantitative estimate of drug-likeness (QED) is 0.540. The maximum atomic E-state index is 6.44. The molecule has 2 aromatic rings. The van der Waals surface area contributed by atoms with Gasteiger partial charge in [0.15, 0.2) is 0 Å². The van der Waals surface area contributed by atoms with Crippen LogP contribution in [0.3, 0.4) is 0 Å². The number of aryl methyl sites for hydroxylation is 1. The topological polar surface area (TPSA) is 26.0 Å². The van der Waals surface area contributed by atoms with Crippen LogP contribution in [0.5, 0.6) is 0 Å². The van der Waals surface area contributed by atoms with Crippen molar-refractivity contribution in [2.24, 2.45) is 5.92 Å². The van der Waals surface area contributed by atoms with Crippen molar-refractivity contribution in [3.63, 3.8) is 0 Å². The van der Waals surface area contributed by atoms with E-state index in [0.29, 0.717) is 11.1 Å². The van der Waals surface area contributed by atoms with Crippen LogP contribution in [0.4, 0.5) is 0 Å². The molecule has 19 heavy (non-hydrogen) atoms. The fraction of sp³-hybridized carbons (Fsp3) is 0.400. The molecular weight excluding hydrogens is 281 g/mol. The van der Waals surface area contributed by atoms with E-state index in [4.69, 9.17) is 27.6 Å². The number of pyridine rings is 1. The average Bonchev–Trinajstić information content (AvgIpc) is 2.70. The summed E-state index contributed by atoms with van der Waals surface area (Å²) in [5.74, 6) is 2.20. The lowest BCUT2D eigenvalue weighted by atomic mass is 10.0. The van der Waals surface area contributed by atoms with E-state index in [0.717, 1.165) is 29.1 Å². The highest BCUT2D eigenvalue weighted by molar-refractivity contribution is 6.29. The minimum Gasteiger partial charge on any atom is -0.461 e. The van der Waals surface area contributed by atoms with Gasteiger partial charge in [-0.1, -0.05) is 25.4 Å². The summed E-state index contributed by atoms with van der Waals surface area (Å²) >= 11 is 12.3. The zero-order valence-electron chi connectivity index (χ0n) is 11.3. The van der Waals surface area contributed by atoms with Gasteiger partial charge in [-0.15, -0.1) is 11.6 Å². The molecule has 0 aliphatic heterocycles. The van der Waals surface area contributed by atoms with Gasteiger partial charge in [0.2, 0.25) is 0 Å². The van der Waals surface area contributed by atoms with Crippen LogP contribution in [0.25, 0.3) is 11.3 Å². The molecule has 4 heteroatoms. The van der Waals surface area contributed by atoms with Crippen molar-refractivity contribution in [1.82, 2.24) is 4.98 Å². The van der Waals surface area contributed by atoms with Crippen LogP contribution >= 0.6 is 23.2 Å². The first kappa shape index (κ1) is 14.4. The molecule has 102 valence electrons. The van der Waals surface area contributed by atoms with Crippen molar-refractivity contribution < 1.29 is 4.42 Å². The van der Waals surface area contributed by atoms with E-state index in [1.807, 2.05) is 19.1 Å². The highest BCUT2D eigenvalue weighted by atomic mass is 35.5. The summed E-state index contributed by atoms with van der Waals surface area (Å²) in [7, 11) is 0. The van der Waals surface area contributed by atoms with Gasteiger partial charge in [0, 0.05) is 17.3 Å². The van der Waals surface area contributed by atoms with E-state index < -0.39 is 0 Å². The lowest BCUT2D eigenvalue weighted by Gasteiger charge is -2.10. The van der Waals surface area contributed by atoms with E-state index >= 15 is 0 Å². The van der Waals surface area contributed by atoms with Gasteiger partial charge in [-0.3, -0.25) is 0 Å². The second-order valence-electron chi connectivity index (χ2n) is 5.09. The zero-order chi connectivity index (χ0) is 14.0. The highest BCUT2D eigenvalue weighted by Crippen LogP contribution is 2.35. The summed E-state index contributed by atoms with van der Waals surface area (Å²) in [6.45, 7) is 6.26. The lowest BCUT2D eigenvalue weighted by Crippen LogP contribution is -1.96. The Morgan fingerprint density at radius 3 is 2.68 bits per heavy atom. The van der Waals surface area contributed by atoms with Crippen molar-refractivity contribution in [3.05, 3.63) is 40.9 Å². The van der Waals surface area contributed by atoms with Gasteiger partial charge in [-0.05, 0) is 37.5 Å². The molecule has 0 bridgehead atoms. The molecule has 1 unspecified atom stereocenters. The summed E-state index contributed by atoms with van der Waals surface area (Å²) in [6, 6.07) is 5.66. The van der Waals surface area contributed by atoms with Gasteiger partial charge in [-0.25, -0.2) is 4.98 Å². The predicted octanol–water partition coefficient (Wildman–Crippen LogP) is 5.63. The van der Waals surface area contributed by atoms with Gasteiger partial charge in [0.05, 0.1) is 5.38 Å². The molecule has 2 aromatic heterocycles. The molecule has 0 aliphatic rings. The third-order valence-electron chi connectivity index (χ3n) is 2.98. The second kappa shape index (κ2) is 5.98. The number of furan rings is 1. The van der Waals surface area contributed by atoms with Crippen LogP contribution in [0.1, 0.15) is 37.0 Å². The molecular formula is C15H17Cl2NO. The lowest BCUT2D eigenvalue weighted by molar-refractivity contribution is 0.530. The first-order valence-electron chi connectivity index (χ1n) is 6.33. The van der Waals surface area contributed by atoms with Crippen LogP contribution in [0.2, 0.25) is 5.15 Å². The number of rotatable bonds is 4. The molecule has 0 aromatic carbocycles. The van der Waals surface area contributed by atoms with E-state index in [2.05, 4.69) is 18.8 Å². The van der Waals surface area contributed by atoms with Crippen LogP contribution in [-0.4, -0.2) is 4.98 Å². The first-order valence-corrected chi connectivity index (χ1v) is 7.15. The average molecular weight is 298 g/mol. The Kier molecular flexibility index (Phi) is 4.54. The standard InChI is InChI=1S/C15H17Cl2NO/c1-9(2)6-13(16)12-8-14(19-10(12)3)11-4-5-18-15(17)7-11/h4-5,7-9,13H,6H2,1-3H3. The third-order valence-corrected chi connectivity index (χ3v) is 3.60. The Balaban J connectivity index is 2.30. The highest BCUT2D eigenvalue weighted by Gasteiger charge is 2.18. The number of nitrogens with zero attached hydrogens (tertiary/aromatic N) is 1. The molecule has 2 nitrogen and oxygen atoms in total. The first-order chi connectivity index (χ1) is 8.97. The second-order valence-corrected chi connectivity index (χ2v) is 6.00. The fourth-order valence-electron chi connectivity index (χ4n) is 2.05. The van der Waals surface area contributed by atoms with E-state index in [1.54, 1.807) is 12.3 Å². The van der Waals surface area contributed by atoms with E-state index in [9.17, 15) is 0 Å². The Bertz CT molecular complexity index is 563. The molecule has 2 rings (SSSR count). The summed E-state index contributed by atoms with van der Waals surface area (Å²) in [5.41, 5.74) is 1.97. The Morgan fingerprint density at radius 2 is 2.05 bits per heavy atom. The zero-order valence-corrected chi connectivity index (χ0v) is 12.8. The van der Waals surface area contributed by atoms with Gasteiger partial charge in [0.25, 0.3) is 0 Å². The number of halogens is 2. The van der Waals surface area contributed by atoms with Gasteiger partial charge >= 0.3 is 0 Å². The van der Waals surface area contributed by atoms with Gasteiger partial charge in [-0.2, -0.15) is 0 Å². The molecule has 0 radical (unpaired) electrons. The predicted molar refractivity (Wildman–Crippen MR) is 79.7 cm³/mol. The summed E-state index contributed by atoms with van der Waals surface area (Å²) in [4.78, 5) is 3.97. The van der Waals surface area contributed by atoms with Crippen LogP contribution in [0.15, 0.2) is 28.8 Å².